The third-order valence-electron chi connectivity index (χ3n) is 4.48. The molecule has 0 aromatic carbocycles. The summed E-state index contributed by atoms with van der Waals surface area (Å²) in [4.78, 5) is 15.7. The lowest BCUT2D eigenvalue weighted by atomic mass is 10.00. The van der Waals surface area contributed by atoms with E-state index in [0.717, 1.165) is 32.5 Å². The van der Waals surface area contributed by atoms with E-state index >= 15 is 0 Å². The van der Waals surface area contributed by atoms with Crippen molar-refractivity contribution in [2.45, 2.75) is 45.2 Å². The van der Waals surface area contributed by atoms with Crippen molar-refractivity contribution in [1.29, 1.82) is 0 Å². The summed E-state index contributed by atoms with van der Waals surface area (Å²) in [6, 6.07) is 1.14. The van der Waals surface area contributed by atoms with Crippen LogP contribution in [0.15, 0.2) is 0 Å². The molecule has 0 aromatic rings. The summed E-state index contributed by atoms with van der Waals surface area (Å²) in [5.74, 6) is -0.641. The number of nitrogens with zero attached hydrogens (tertiary/aromatic N) is 2. The van der Waals surface area contributed by atoms with Crippen LogP contribution in [0.5, 0.6) is 0 Å². The molecule has 1 saturated heterocycles. The van der Waals surface area contributed by atoms with E-state index in [4.69, 9.17) is 5.11 Å². The van der Waals surface area contributed by atoms with Crippen LogP contribution in [0.25, 0.3) is 0 Å². The maximum atomic E-state index is 10.9. The van der Waals surface area contributed by atoms with Crippen molar-refractivity contribution in [2.75, 3.05) is 26.7 Å². The maximum Gasteiger partial charge on any atom is 0.303 e. The minimum atomic E-state index is -0.641. The zero-order valence-electron chi connectivity index (χ0n) is 11.1. The molecule has 4 heteroatoms. The fourth-order valence-electron chi connectivity index (χ4n) is 3.01. The number of carboxylic acid groups (broad SMARTS) is 1. The van der Waals surface area contributed by atoms with E-state index in [1.807, 2.05) is 0 Å². The summed E-state index contributed by atoms with van der Waals surface area (Å²) >= 11 is 0. The second-order valence-electron chi connectivity index (χ2n) is 6.13. The third kappa shape index (κ3) is 2.99. The first-order chi connectivity index (χ1) is 7.92. The van der Waals surface area contributed by atoms with E-state index in [1.165, 1.54) is 0 Å². The van der Waals surface area contributed by atoms with Crippen LogP contribution in [0.2, 0.25) is 0 Å². The molecule has 0 bridgehead atoms. The van der Waals surface area contributed by atoms with Gasteiger partial charge in [0, 0.05) is 31.7 Å². The Morgan fingerprint density at radius 3 is 2.24 bits per heavy atom. The molecule has 2 unspecified atom stereocenters. The van der Waals surface area contributed by atoms with Crippen molar-refractivity contribution in [3.8, 4) is 0 Å². The molecule has 0 radical (unpaired) electrons. The molecule has 0 spiro atoms. The molecule has 4 nitrogen and oxygen atoms in total. The highest BCUT2D eigenvalue weighted by molar-refractivity contribution is 5.68. The molecule has 2 fully saturated rings. The average Bonchev–Trinajstić information content (AvgIpc) is 2.92. The second-order valence-corrected chi connectivity index (χ2v) is 6.13. The Labute approximate surface area is 104 Å². The van der Waals surface area contributed by atoms with Crippen molar-refractivity contribution < 1.29 is 9.90 Å². The van der Waals surface area contributed by atoms with Gasteiger partial charge in [0.05, 0.1) is 6.42 Å². The summed E-state index contributed by atoms with van der Waals surface area (Å²) in [5.41, 5.74) is 0.0984. The van der Waals surface area contributed by atoms with Crippen LogP contribution >= 0.6 is 0 Å². The molecule has 1 aliphatic carbocycles. The molecule has 1 heterocycles. The largest absolute Gasteiger partial charge is 0.481 e. The van der Waals surface area contributed by atoms with E-state index in [0.29, 0.717) is 18.5 Å². The molecule has 1 N–H and O–H groups in total. The summed E-state index contributed by atoms with van der Waals surface area (Å²) in [7, 11) is 2.18. The number of rotatable bonds is 4. The minimum absolute atomic E-state index is 0.0984. The van der Waals surface area contributed by atoms with Gasteiger partial charge in [-0.25, -0.2) is 0 Å². The van der Waals surface area contributed by atoms with Crippen LogP contribution in [0, 0.1) is 5.41 Å². The quantitative estimate of drug-likeness (QED) is 0.803. The second kappa shape index (κ2) is 4.58. The summed E-state index contributed by atoms with van der Waals surface area (Å²) in [5, 5.41) is 8.94. The molecule has 98 valence electrons. The number of aliphatic carboxylic acids is 1. The van der Waals surface area contributed by atoms with Gasteiger partial charge < -0.3 is 5.11 Å². The Hall–Kier alpha value is -0.610. The summed E-state index contributed by atoms with van der Waals surface area (Å²) < 4.78 is 0. The fourth-order valence-corrected chi connectivity index (χ4v) is 3.01. The van der Waals surface area contributed by atoms with Gasteiger partial charge >= 0.3 is 5.97 Å². The summed E-state index contributed by atoms with van der Waals surface area (Å²) in [6.07, 6.45) is 2.53. The maximum absolute atomic E-state index is 10.9. The van der Waals surface area contributed by atoms with Gasteiger partial charge in [0.2, 0.25) is 0 Å². The van der Waals surface area contributed by atoms with Gasteiger partial charge in [-0.05, 0) is 39.2 Å². The highest BCUT2D eigenvalue weighted by atomic mass is 16.4. The van der Waals surface area contributed by atoms with Gasteiger partial charge in [-0.3, -0.25) is 14.6 Å². The molecule has 1 aliphatic heterocycles. The minimum Gasteiger partial charge on any atom is -0.481 e. The smallest absolute Gasteiger partial charge is 0.303 e. The van der Waals surface area contributed by atoms with Crippen molar-refractivity contribution in [1.82, 2.24) is 9.80 Å². The van der Waals surface area contributed by atoms with Crippen molar-refractivity contribution in [2.24, 2.45) is 5.41 Å². The number of carbonyl (C=O) groups is 1. The molecular weight excluding hydrogens is 216 g/mol. The monoisotopic (exact) mass is 240 g/mol. The number of piperazine rings is 1. The highest BCUT2D eigenvalue weighted by Gasteiger charge is 2.46. The molecule has 2 rings (SSSR count). The number of likely N-dealkylation sites (N-methyl/N-ethyl adjacent to an activating group) is 1. The standard InChI is InChI=1S/C13H24N2O2/c1-10-7-15(8-11(2)14(10)3)9-13(4-5-13)6-12(16)17/h10-11H,4-9H2,1-3H3,(H,16,17). The van der Waals surface area contributed by atoms with Crippen LogP contribution in [0.1, 0.15) is 33.1 Å². The van der Waals surface area contributed by atoms with E-state index in [1.54, 1.807) is 0 Å². The normalized spacial score (nSPS) is 33.6. The average molecular weight is 240 g/mol. The first kappa shape index (κ1) is 12.8. The van der Waals surface area contributed by atoms with Gasteiger partial charge in [0.1, 0.15) is 0 Å². The van der Waals surface area contributed by atoms with Crippen LogP contribution in [0.3, 0.4) is 0 Å². The van der Waals surface area contributed by atoms with E-state index < -0.39 is 5.97 Å². The molecule has 2 aliphatic rings. The topological polar surface area (TPSA) is 43.8 Å². The lowest BCUT2D eigenvalue weighted by Crippen LogP contribution is -2.55. The Kier molecular flexibility index (Phi) is 3.46. The Morgan fingerprint density at radius 1 is 1.29 bits per heavy atom. The van der Waals surface area contributed by atoms with Crippen LogP contribution < -0.4 is 0 Å². The Balaban J connectivity index is 1.89. The van der Waals surface area contributed by atoms with Crippen LogP contribution in [-0.2, 0) is 4.79 Å². The van der Waals surface area contributed by atoms with Crippen LogP contribution in [0.4, 0.5) is 0 Å². The first-order valence-corrected chi connectivity index (χ1v) is 6.58. The number of hydrogen-bond donors (Lipinski definition) is 1. The van der Waals surface area contributed by atoms with E-state index in [-0.39, 0.29) is 5.41 Å². The molecule has 1 saturated carbocycles. The van der Waals surface area contributed by atoms with Crippen molar-refractivity contribution in [3.05, 3.63) is 0 Å². The molecule has 17 heavy (non-hydrogen) atoms. The molecule has 0 aromatic heterocycles. The molecular formula is C13H24N2O2. The molecule has 2 atom stereocenters. The summed E-state index contributed by atoms with van der Waals surface area (Å²) in [6.45, 7) is 7.62. The zero-order valence-corrected chi connectivity index (χ0v) is 11.1. The lowest BCUT2D eigenvalue weighted by molar-refractivity contribution is -0.138. The highest BCUT2D eigenvalue weighted by Crippen LogP contribution is 2.49. The van der Waals surface area contributed by atoms with Gasteiger partial charge in [-0.15, -0.1) is 0 Å². The predicted octanol–water partition coefficient (Wildman–Crippen LogP) is 1.27. The van der Waals surface area contributed by atoms with Crippen molar-refractivity contribution in [3.63, 3.8) is 0 Å². The number of carboxylic acids is 1. The van der Waals surface area contributed by atoms with Crippen LogP contribution in [-0.4, -0.2) is 59.6 Å². The van der Waals surface area contributed by atoms with Gasteiger partial charge in [-0.1, -0.05) is 0 Å². The van der Waals surface area contributed by atoms with Crippen molar-refractivity contribution >= 4 is 5.97 Å². The van der Waals surface area contributed by atoms with Gasteiger partial charge in [-0.2, -0.15) is 0 Å². The molecule has 0 amide bonds. The van der Waals surface area contributed by atoms with E-state index in [2.05, 4.69) is 30.7 Å². The first-order valence-electron chi connectivity index (χ1n) is 6.58. The zero-order chi connectivity index (χ0) is 12.6. The fraction of sp³-hybridized carbons (Fsp3) is 0.923. The third-order valence-corrected chi connectivity index (χ3v) is 4.48. The lowest BCUT2D eigenvalue weighted by Gasteiger charge is -2.43. The van der Waals surface area contributed by atoms with Gasteiger partial charge in [0.25, 0.3) is 0 Å². The Morgan fingerprint density at radius 2 is 1.82 bits per heavy atom. The van der Waals surface area contributed by atoms with E-state index in [9.17, 15) is 4.79 Å². The Bertz CT molecular complexity index is 290. The predicted molar refractivity (Wildman–Crippen MR) is 67.0 cm³/mol. The SMILES string of the molecule is CC1CN(CC2(CC(=O)O)CC2)CC(C)N1C. The number of hydrogen-bond acceptors (Lipinski definition) is 3. The van der Waals surface area contributed by atoms with Gasteiger partial charge in [0.15, 0.2) is 0 Å².